The van der Waals surface area contributed by atoms with Crippen LogP contribution in [0.15, 0.2) is 18.3 Å². The summed E-state index contributed by atoms with van der Waals surface area (Å²) < 4.78 is 5.25. The van der Waals surface area contributed by atoms with Gasteiger partial charge in [0.1, 0.15) is 5.82 Å². The van der Waals surface area contributed by atoms with Crippen LogP contribution in [0.2, 0.25) is 0 Å². The Morgan fingerprint density at radius 1 is 1.44 bits per heavy atom. The Hall–Kier alpha value is -1.17. The van der Waals surface area contributed by atoms with E-state index in [9.17, 15) is 5.11 Å². The Morgan fingerprint density at radius 2 is 2.22 bits per heavy atom. The van der Waals surface area contributed by atoms with Crippen molar-refractivity contribution >= 4 is 5.82 Å². The summed E-state index contributed by atoms with van der Waals surface area (Å²) in [5.74, 6) is 0.837. The van der Waals surface area contributed by atoms with Crippen LogP contribution in [-0.2, 0) is 4.74 Å². The number of ether oxygens (including phenoxy) is 1. The highest BCUT2D eigenvalue weighted by Gasteiger charge is 2.08. The van der Waals surface area contributed by atoms with Crippen LogP contribution in [0.1, 0.15) is 25.5 Å². The van der Waals surface area contributed by atoms with E-state index in [4.69, 9.17) is 9.84 Å². The summed E-state index contributed by atoms with van der Waals surface area (Å²) in [6.45, 7) is 6.27. The molecule has 2 N–H and O–H groups in total. The van der Waals surface area contributed by atoms with E-state index in [1.807, 2.05) is 19.1 Å². The maximum Gasteiger partial charge on any atom is 0.128 e. The van der Waals surface area contributed by atoms with Crippen LogP contribution in [0.25, 0.3) is 0 Å². The summed E-state index contributed by atoms with van der Waals surface area (Å²) in [7, 11) is 0. The van der Waals surface area contributed by atoms with Crippen molar-refractivity contribution in [3.8, 4) is 0 Å². The molecule has 1 aromatic rings. The normalized spacial score (nSPS) is 12.4. The fraction of sp³-hybridized carbons (Fsp3) is 0.615. The first-order valence-corrected chi connectivity index (χ1v) is 6.26. The van der Waals surface area contributed by atoms with Crippen LogP contribution in [0.5, 0.6) is 0 Å². The van der Waals surface area contributed by atoms with Crippen molar-refractivity contribution in [2.75, 3.05) is 37.8 Å². The molecule has 5 heteroatoms. The fourth-order valence-electron chi connectivity index (χ4n) is 1.64. The number of hydrogen-bond acceptors (Lipinski definition) is 5. The third kappa shape index (κ3) is 4.60. The van der Waals surface area contributed by atoms with Gasteiger partial charge in [-0.25, -0.2) is 4.98 Å². The van der Waals surface area contributed by atoms with Gasteiger partial charge in [-0.15, -0.1) is 0 Å². The summed E-state index contributed by atoms with van der Waals surface area (Å²) in [6, 6.07) is 3.70. The molecule has 18 heavy (non-hydrogen) atoms. The Balaban J connectivity index is 2.60. The van der Waals surface area contributed by atoms with Crippen molar-refractivity contribution in [2.45, 2.75) is 20.0 Å². The first kappa shape index (κ1) is 14.9. The number of anilines is 1. The molecule has 0 bridgehead atoms. The molecule has 0 saturated heterocycles. The number of aliphatic hydroxyl groups is 2. The third-order valence-corrected chi connectivity index (χ3v) is 2.70. The monoisotopic (exact) mass is 254 g/mol. The average Bonchev–Trinajstić information content (AvgIpc) is 2.39. The molecular formula is C13H22N2O3. The van der Waals surface area contributed by atoms with Gasteiger partial charge in [-0.05, 0) is 31.5 Å². The molecule has 0 aliphatic rings. The lowest BCUT2D eigenvalue weighted by Crippen LogP contribution is -2.28. The molecule has 0 spiro atoms. The first-order valence-electron chi connectivity index (χ1n) is 6.26. The fourth-order valence-corrected chi connectivity index (χ4v) is 1.64. The Bertz CT molecular complexity index is 345. The molecule has 5 nitrogen and oxygen atoms in total. The zero-order valence-electron chi connectivity index (χ0n) is 11.0. The zero-order chi connectivity index (χ0) is 13.4. The molecule has 1 aromatic heterocycles. The minimum atomic E-state index is -0.490. The van der Waals surface area contributed by atoms with Crippen LogP contribution in [0.4, 0.5) is 5.82 Å². The van der Waals surface area contributed by atoms with Crippen molar-refractivity contribution in [3.63, 3.8) is 0 Å². The Kier molecular flexibility index (Phi) is 6.64. The molecule has 1 atom stereocenters. The summed E-state index contributed by atoms with van der Waals surface area (Å²) in [6.07, 6.45) is 1.21. The van der Waals surface area contributed by atoms with Crippen molar-refractivity contribution in [2.24, 2.45) is 0 Å². The minimum Gasteiger partial charge on any atom is -0.394 e. The first-order chi connectivity index (χ1) is 8.69. The van der Waals surface area contributed by atoms with Crippen molar-refractivity contribution in [1.82, 2.24) is 4.98 Å². The van der Waals surface area contributed by atoms with Gasteiger partial charge in [0, 0.05) is 19.3 Å². The van der Waals surface area contributed by atoms with E-state index in [2.05, 4.69) is 9.88 Å². The van der Waals surface area contributed by atoms with E-state index in [1.165, 1.54) is 0 Å². The lowest BCUT2D eigenvalue weighted by molar-refractivity contribution is 0.0967. The number of nitrogens with zero attached hydrogens (tertiary/aromatic N) is 2. The van der Waals surface area contributed by atoms with Crippen molar-refractivity contribution in [1.29, 1.82) is 0 Å². The van der Waals surface area contributed by atoms with Crippen LogP contribution in [0.3, 0.4) is 0 Å². The summed E-state index contributed by atoms with van der Waals surface area (Å²) in [5.41, 5.74) is 0.856. The quantitative estimate of drug-likeness (QED) is 0.677. The second-order valence-electron chi connectivity index (χ2n) is 4.04. The number of pyridine rings is 1. The van der Waals surface area contributed by atoms with E-state index in [0.717, 1.165) is 17.9 Å². The topological polar surface area (TPSA) is 65.8 Å². The highest BCUT2D eigenvalue weighted by Crippen LogP contribution is 2.17. The van der Waals surface area contributed by atoms with E-state index in [0.29, 0.717) is 19.8 Å². The number of hydrogen-bond donors (Lipinski definition) is 2. The van der Waals surface area contributed by atoms with E-state index in [1.54, 1.807) is 13.1 Å². The van der Waals surface area contributed by atoms with Crippen molar-refractivity contribution < 1.29 is 14.9 Å². The predicted molar refractivity (Wildman–Crippen MR) is 70.7 cm³/mol. The molecular weight excluding hydrogens is 232 g/mol. The Labute approximate surface area is 108 Å². The van der Waals surface area contributed by atoms with Crippen molar-refractivity contribution in [3.05, 3.63) is 23.9 Å². The summed E-state index contributed by atoms with van der Waals surface area (Å²) >= 11 is 0. The van der Waals surface area contributed by atoms with Gasteiger partial charge in [-0.3, -0.25) is 0 Å². The van der Waals surface area contributed by atoms with Gasteiger partial charge in [0.05, 0.1) is 25.9 Å². The molecule has 0 aliphatic carbocycles. The summed E-state index contributed by atoms with van der Waals surface area (Å²) in [4.78, 5) is 6.37. The van der Waals surface area contributed by atoms with Gasteiger partial charge in [0.2, 0.25) is 0 Å². The molecule has 0 aliphatic heterocycles. The van der Waals surface area contributed by atoms with Crippen LogP contribution < -0.4 is 4.90 Å². The largest absolute Gasteiger partial charge is 0.394 e. The van der Waals surface area contributed by atoms with E-state index in [-0.39, 0.29) is 6.61 Å². The molecule has 0 saturated carbocycles. The van der Waals surface area contributed by atoms with Crippen LogP contribution in [0, 0.1) is 0 Å². The maximum absolute atomic E-state index is 9.55. The van der Waals surface area contributed by atoms with Gasteiger partial charge in [-0.1, -0.05) is 0 Å². The maximum atomic E-state index is 9.55. The molecule has 0 fully saturated rings. The van der Waals surface area contributed by atoms with Gasteiger partial charge in [-0.2, -0.15) is 0 Å². The second kappa shape index (κ2) is 8.02. The van der Waals surface area contributed by atoms with E-state index >= 15 is 0 Å². The number of aliphatic hydroxyl groups excluding tert-OH is 2. The van der Waals surface area contributed by atoms with Gasteiger partial charge >= 0.3 is 0 Å². The van der Waals surface area contributed by atoms with E-state index < -0.39 is 6.10 Å². The molecule has 0 aromatic carbocycles. The standard InChI is InChI=1S/C13H22N2O3/c1-3-15(6-8-18-9-7-16)13-10-12(11(2)17)4-5-14-13/h4-5,10-11,16-17H,3,6-9H2,1-2H3/t11-/m1/s1. The lowest BCUT2D eigenvalue weighted by Gasteiger charge is -2.22. The molecule has 102 valence electrons. The second-order valence-corrected chi connectivity index (χ2v) is 4.04. The molecule has 0 amide bonds. The van der Waals surface area contributed by atoms with Crippen LogP contribution in [-0.4, -0.2) is 48.1 Å². The predicted octanol–water partition coefficient (Wildman–Crippen LogP) is 0.970. The molecule has 1 rings (SSSR count). The highest BCUT2D eigenvalue weighted by molar-refractivity contribution is 5.41. The number of rotatable bonds is 8. The number of likely N-dealkylation sites (N-methyl/N-ethyl adjacent to an activating group) is 1. The van der Waals surface area contributed by atoms with Gasteiger partial charge < -0.3 is 19.8 Å². The van der Waals surface area contributed by atoms with Gasteiger partial charge in [0.25, 0.3) is 0 Å². The Morgan fingerprint density at radius 3 is 2.83 bits per heavy atom. The SMILES string of the molecule is CCN(CCOCCO)c1cc([C@@H](C)O)ccn1. The van der Waals surface area contributed by atoms with Crippen LogP contribution >= 0.6 is 0 Å². The lowest BCUT2D eigenvalue weighted by atomic mass is 10.1. The summed E-state index contributed by atoms with van der Waals surface area (Å²) in [5, 5.41) is 18.2. The minimum absolute atomic E-state index is 0.0435. The molecule has 1 heterocycles. The van der Waals surface area contributed by atoms with Gasteiger partial charge in [0.15, 0.2) is 0 Å². The molecule has 0 unspecified atom stereocenters. The smallest absolute Gasteiger partial charge is 0.128 e. The zero-order valence-corrected chi connectivity index (χ0v) is 11.0. The highest BCUT2D eigenvalue weighted by atomic mass is 16.5. The molecule has 0 radical (unpaired) electrons. The average molecular weight is 254 g/mol. The number of aromatic nitrogens is 1. The third-order valence-electron chi connectivity index (χ3n) is 2.70.